The smallest absolute Gasteiger partial charge is 0.141 e. The normalized spacial score (nSPS) is 19.6. The van der Waals surface area contributed by atoms with Crippen LogP contribution < -0.4 is 5.32 Å². The van der Waals surface area contributed by atoms with E-state index in [2.05, 4.69) is 21.6 Å². The van der Waals surface area contributed by atoms with Gasteiger partial charge in [0.2, 0.25) is 0 Å². The maximum atomic E-state index is 6.20. The second-order valence-corrected chi connectivity index (χ2v) is 5.44. The van der Waals surface area contributed by atoms with E-state index in [9.17, 15) is 0 Å². The van der Waals surface area contributed by atoms with Gasteiger partial charge in [0, 0.05) is 23.2 Å². The molecule has 1 fully saturated rings. The van der Waals surface area contributed by atoms with E-state index in [1.807, 2.05) is 23.6 Å². The number of aryl methyl sites for hydroxylation is 1. The fraction of sp³-hybridized carbons (Fsp3) is 0.429. The van der Waals surface area contributed by atoms with Crippen molar-refractivity contribution in [1.29, 1.82) is 0 Å². The average Bonchev–Trinajstić information content (AvgIpc) is 2.92. The number of hydrogen-bond donors (Lipinski definition) is 1. The first-order valence-electron chi connectivity index (χ1n) is 6.63. The molecule has 1 aromatic carbocycles. The van der Waals surface area contributed by atoms with E-state index in [4.69, 9.17) is 11.6 Å². The first-order valence-corrected chi connectivity index (χ1v) is 7.00. The number of nitrogens with zero attached hydrogens (tertiary/aromatic N) is 3. The minimum Gasteiger partial charge on any atom is -0.316 e. The van der Waals surface area contributed by atoms with E-state index in [1.165, 1.54) is 6.42 Å². The number of piperidine rings is 1. The van der Waals surface area contributed by atoms with Crippen LogP contribution in [0.1, 0.15) is 30.1 Å². The van der Waals surface area contributed by atoms with Gasteiger partial charge in [-0.3, -0.25) is 4.57 Å². The van der Waals surface area contributed by atoms with E-state index in [-0.39, 0.29) is 0 Å². The Labute approximate surface area is 117 Å². The highest BCUT2D eigenvalue weighted by molar-refractivity contribution is 6.31. The van der Waals surface area contributed by atoms with Crippen molar-refractivity contribution in [2.45, 2.75) is 25.7 Å². The van der Waals surface area contributed by atoms with E-state index in [1.54, 1.807) is 6.33 Å². The quantitative estimate of drug-likeness (QED) is 0.917. The molecule has 100 valence electrons. The molecule has 0 spiro atoms. The Balaban J connectivity index is 1.96. The molecule has 19 heavy (non-hydrogen) atoms. The molecule has 0 saturated carbocycles. The lowest BCUT2D eigenvalue weighted by Crippen LogP contribution is -2.29. The van der Waals surface area contributed by atoms with Gasteiger partial charge in [-0.15, -0.1) is 10.2 Å². The molecular formula is C14H17ClN4. The molecule has 1 unspecified atom stereocenters. The van der Waals surface area contributed by atoms with Gasteiger partial charge < -0.3 is 5.32 Å². The number of halogens is 1. The summed E-state index contributed by atoms with van der Waals surface area (Å²) in [4.78, 5) is 0. The minimum atomic E-state index is 0.427. The molecule has 1 N–H and O–H groups in total. The van der Waals surface area contributed by atoms with Gasteiger partial charge in [-0.25, -0.2) is 0 Å². The predicted octanol–water partition coefficient (Wildman–Crippen LogP) is 2.70. The highest BCUT2D eigenvalue weighted by Crippen LogP contribution is 2.25. The van der Waals surface area contributed by atoms with Crippen LogP contribution in [0, 0.1) is 6.92 Å². The fourth-order valence-electron chi connectivity index (χ4n) is 2.53. The molecule has 2 heterocycles. The second-order valence-electron chi connectivity index (χ2n) is 5.04. The predicted molar refractivity (Wildman–Crippen MR) is 76.0 cm³/mol. The highest BCUT2D eigenvalue weighted by atomic mass is 35.5. The SMILES string of the molecule is Cc1ccc(-n2cnnc2C2CCCNC2)cc1Cl. The molecule has 0 radical (unpaired) electrons. The number of aromatic nitrogens is 3. The maximum absolute atomic E-state index is 6.20. The molecule has 1 aliphatic heterocycles. The molecule has 0 amide bonds. The van der Waals surface area contributed by atoms with Gasteiger partial charge in [0.25, 0.3) is 0 Å². The van der Waals surface area contributed by atoms with Crippen LogP contribution in [0.25, 0.3) is 5.69 Å². The van der Waals surface area contributed by atoms with Gasteiger partial charge in [0.1, 0.15) is 12.2 Å². The lowest BCUT2D eigenvalue weighted by molar-refractivity contribution is 0.442. The summed E-state index contributed by atoms with van der Waals surface area (Å²) in [7, 11) is 0. The summed E-state index contributed by atoms with van der Waals surface area (Å²) in [5, 5.41) is 12.6. The van der Waals surface area contributed by atoms with Gasteiger partial charge >= 0.3 is 0 Å². The Morgan fingerprint density at radius 2 is 2.32 bits per heavy atom. The highest BCUT2D eigenvalue weighted by Gasteiger charge is 2.21. The Kier molecular flexibility index (Phi) is 3.53. The summed E-state index contributed by atoms with van der Waals surface area (Å²) in [6, 6.07) is 6.06. The standard InChI is InChI=1S/C14H17ClN4/c1-10-4-5-12(7-13(10)15)19-9-17-18-14(19)11-3-2-6-16-8-11/h4-5,7,9,11,16H,2-3,6,8H2,1H3. The Hall–Kier alpha value is -1.39. The van der Waals surface area contributed by atoms with Crippen LogP contribution in [0.4, 0.5) is 0 Å². The Morgan fingerprint density at radius 1 is 1.42 bits per heavy atom. The zero-order valence-electron chi connectivity index (χ0n) is 10.9. The molecule has 2 aromatic rings. The molecule has 0 bridgehead atoms. The van der Waals surface area contributed by atoms with E-state index < -0.39 is 0 Å². The van der Waals surface area contributed by atoms with Crippen molar-refractivity contribution in [3.63, 3.8) is 0 Å². The van der Waals surface area contributed by atoms with Crippen molar-refractivity contribution in [3.8, 4) is 5.69 Å². The summed E-state index contributed by atoms with van der Waals surface area (Å²) in [5.41, 5.74) is 2.11. The summed E-state index contributed by atoms with van der Waals surface area (Å²) in [6.07, 6.45) is 4.11. The molecular weight excluding hydrogens is 260 g/mol. The van der Waals surface area contributed by atoms with Gasteiger partial charge in [-0.1, -0.05) is 17.7 Å². The summed E-state index contributed by atoms with van der Waals surface area (Å²) < 4.78 is 2.04. The minimum absolute atomic E-state index is 0.427. The molecule has 1 aromatic heterocycles. The van der Waals surface area contributed by atoms with Gasteiger partial charge in [0.05, 0.1) is 0 Å². The van der Waals surface area contributed by atoms with Crippen LogP contribution in [-0.4, -0.2) is 27.9 Å². The zero-order chi connectivity index (χ0) is 13.2. The lowest BCUT2D eigenvalue weighted by atomic mass is 9.99. The second kappa shape index (κ2) is 5.31. The fourth-order valence-corrected chi connectivity index (χ4v) is 2.70. The van der Waals surface area contributed by atoms with Crippen molar-refractivity contribution in [2.24, 2.45) is 0 Å². The molecule has 0 aliphatic carbocycles. The van der Waals surface area contributed by atoms with E-state index in [0.717, 1.165) is 41.6 Å². The topological polar surface area (TPSA) is 42.7 Å². The Bertz CT molecular complexity index is 573. The third-order valence-corrected chi connectivity index (χ3v) is 4.08. The van der Waals surface area contributed by atoms with Crippen LogP contribution in [-0.2, 0) is 0 Å². The summed E-state index contributed by atoms with van der Waals surface area (Å²) >= 11 is 6.20. The Morgan fingerprint density at radius 3 is 3.05 bits per heavy atom. The summed E-state index contributed by atoms with van der Waals surface area (Å²) in [5.74, 6) is 1.45. The molecule has 3 rings (SSSR count). The summed E-state index contributed by atoms with van der Waals surface area (Å²) in [6.45, 7) is 4.07. The number of nitrogens with one attached hydrogen (secondary N) is 1. The van der Waals surface area contributed by atoms with Crippen LogP contribution in [0.15, 0.2) is 24.5 Å². The van der Waals surface area contributed by atoms with Gasteiger partial charge in [-0.05, 0) is 44.0 Å². The molecule has 1 saturated heterocycles. The van der Waals surface area contributed by atoms with Crippen molar-refractivity contribution in [2.75, 3.05) is 13.1 Å². The maximum Gasteiger partial charge on any atom is 0.141 e. The number of hydrogen-bond acceptors (Lipinski definition) is 3. The zero-order valence-corrected chi connectivity index (χ0v) is 11.7. The third kappa shape index (κ3) is 2.51. The van der Waals surface area contributed by atoms with Crippen LogP contribution in [0.2, 0.25) is 5.02 Å². The van der Waals surface area contributed by atoms with Gasteiger partial charge in [0.15, 0.2) is 0 Å². The molecule has 5 heteroatoms. The number of benzene rings is 1. The van der Waals surface area contributed by atoms with Crippen molar-refractivity contribution in [3.05, 3.63) is 40.9 Å². The number of rotatable bonds is 2. The van der Waals surface area contributed by atoms with Gasteiger partial charge in [-0.2, -0.15) is 0 Å². The van der Waals surface area contributed by atoms with E-state index >= 15 is 0 Å². The first kappa shape index (κ1) is 12.6. The molecule has 1 atom stereocenters. The van der Waals surface area contributed by atoms with Crippen LogP contribution >= 0.6 is 11.6 Å². The van der Waals surface area contributed by atoms with Crippen molar-refractivity contribution >= 4 is 11.6 Å². The monoisotopic (exact) mass is 276 g/mol. The largest absolute Gasteiger partial charge is 0.316 e. The van der Waals surface area contributed by atoms with E-state index in [0.29, 0.717) is 5.92 Å². The molecule has 1 aliphatic rings. The average molecular weight is 277 g/mol. The van der Waals surface area contributed by atoms with Crippen molar-refractivity contribution < 1.29 is 0 Å². The van der Waals surface area contributed by atoms with Crippen LogP contribution in [0.3, 0.4) is 0 Å². The van der Waals surface area contributed by atoms with Crippen LogP contribution in [0.5, 0.6) is 0 Å². The molecule has 4 nitrogen and oxygen atoms in total. The third-order valence-electron chi connectivity index (χ3n) is 3.67. The first-order chi connectivity index (χ1) is 9.25. The lowest BCUT2D eigenvalue weighted by Gasteiger charge is -2.22. The van der Waals surface area contributed by atoms with Crippen molar-refractivity contribution in [1.82, 2.24) is 20.1 Å².